The number of carbonyl (C=O) groups excluding carboxylic acids is 2. The van der Waals surface area contributed by atoms with E-state index in [2.05, 4.69) is 4.72 Å². The predicted octanol–water partition coefficient (Wildman–Crippen LogP) is 0.344. The minimum absolute atomic E-state index is 0.0173. The van der Waals surface area contributed by atoms with Crippen molar-refractivity contribution in [3.63, 3.8) is 0 Å². The Labute approximate surface area is 134 Å². The highest BCUT2D eigenvalue weighted by atomic mass is 32.2. The molecule has 2 amide bonds. The van der Waals surface area contributed by atoms with Gasteiger partial charge in [-0.25, -0.2) is 4.72 Å². The summed E-state index contributed by atoms with van der Waals surface area (Å²) < 4.78 is 27.8. The molecule has 0 saturated carbocycles. The van der Waals surface area contributed by atoms with Gasteiger partial charge in [0.15, 0.2) is 0 Å². The van der Waals surface area contributed by atoms with Crippen LogP contribution in [0.5, 0.6) is 0 Å². The Bertz CT molecular complexity index is 737. The van der Waals surface area contributed by atoms with Gasteiger partial charge in [-0.2, -0.15) is 13.7 Å². The third-order valence-electron chi connectivity index (χ3n) is 3.29. The summed E-state index contributed by atoms with van der Waals surface area (Å²) in [6.07, 6.45) is 1.15. The molecule has 1 aliphatic rings. The quantitative estimate of drug-likeness (QED) is 0.776. The standard InChI is InChI=1S/C14H16N4O4S/c15-10-11-3-5-12(6-4-11)16-23(21,22)17-13(19)7-9-18-8-1-2-14(18)20/h3-6,16H,1-2,7-9H2,(H,17,19). The lowest BCUT2D eigenvalue weighted by molar-refractivity contribution is -0.128. The number of hydrogen-bond acceptors (Lipinski definition) is 5. The van der Waals surface area contributed by atoms with Crippen molar-refractivity contribution >= 4 is 27.7 Å². The highest BCUT2D eigenvalue weighted by Gasteiger charge is 2.21. The number of nitrogens with zero attached hydrogens (tertiary/aromatic N) is 2. The van der Waals surface area contributed by atoms with Gasteiger partial charge in [-0.1, -0.05) is 0 Å². The van der Waals surface area contributed by atoms with Gasteiger partial charge >= 0.3 is 10.2 Å². The molecule has 0 unspecified atom stereocenters. The molecule has 9 heteroatoms. The molecular weight excluding hydrogens is 320 g/mol. The fraction of sp³-hybridized carbons (Fsp3) is 0.357. The number of nitriles is 1. The number of carbonyl (C=O) groups is 2. The highest BCUT2D eigenvalue weighted by molar-refractivity contribution is 7.91. The first-order valence-electron chi connectivity index (χ1n) is 7.01. The fourth-order valence-electron chi connectivity index (χ4n) is 2.17. The van der Waals surface area contributed by atoms with E-state index in [1.165, 1.54) is 24.3 Å². The molecule has 8 nitrogen and oxygen atoms in total. The van der Waals surface area contributed by atoms with E-state index in [1.54, 1.807) is 4.90 Å². The van der Waals surface area contributed by atoms with Crippen molar-refractivity contribution in [3.8, 4) is 6.07 Å². The second-order valence-electron chi connectivity index (χ2n) is 5.05. The number of rotatable bonds is 6. The number of likely N-dealkylation sites (tertiary alicyclic amines) is 1. The third kappa shape index (κ3) is 4.96. The van der Waals surface area contributed by atoms with Crippen molar-refractivity contribution in [2.75, 3.05) is 17.8 Å². The maximum atomic E-state index is 11.8. The normalized spacial score (nSPS) is 14.4. The molecule has 1 fully saturated rings. The SMILES string of the molecule is N#Cc1ccc(NS(=O)(=O)NC(=O)CCN2CCCC2=O)cc1. The monoisotopic (exact) mass is 336 g/mol. The Morgan fingerprint density at radius 3 is 2.57 bits per heavy atom. The van der Waals surface area contributed by atoms with E-state index < -0.39 is 16.1 Å². The van der Waals surface area contributed by atoms with E-state index in [0.29, 0.717) is 18.5 Å². The Hall–Kier alpha value is -2.60. The van der Waals surface area contributed by atoms with Crippen LogP contribution in [0.4, 0.5) is 5.69 Å². The molecule has 1 aromatic carbocycles. The smallest absolute Gasteiger partial charge is 0.323 e. The van der Waals surface area contributed by atoms with E-state index in [4.69, 9.17) is 5.26 Å². The van der Waals surface area contributed by atoms with E-state index in [-0.39, 0.29) is 24.6 Å². The van der Waals surface area contributed by atoms with Gasteiger partial charge in [0.25, 0.3) is 0 Å². The van der Waals surface area contributed by atoms with Gasteiger partial charge in [0.1, 0.15) is 0 Å². The first-order chi connectivity index (χ1) is 10.9. The van der Waals surface area contributed by atoms with Crippen molar-refractivity contribution in [2.24, 2.45) is 0 Å². The van der Waals surface area contributed by atoms with Crippen LogP contribution in [0.15, 0.2) is 24.3 Å². The van der Waals surface area contributed by atoms with Gasteiger partial charge < -0.3 is 4.90 Å². The van der Waals surface area contributed by atoms with Crippen molar-refractivity contribution in [2.45, 2.75) is 19.3 Å². The zero-order chi connectivity index (χ0) is 16.9. The number of anilines is 1. The highest BCUT2D eigenvalue weighted by Crippen LogP contribution is 2.11. The molecule has 0 aromatic heterocycles. The Kier molecular flexibility index (Phi) is 5.18. The summed E-state index contributed by atoms with van der Waals surface area (Å²) in [7, 11) is -4.05. The van der Waals surface area contributed by atoms with Crippen molar-refractivity contribution < 1.29 is 18.0 Å². The largest absolute Gasteiger partial charge is 0.342 e. The van der Waals surface area contributed by atoms with Crippen LogP contribution >= 0.6 is 0 Å². The summed E-state index contributed by atoms with van der Waals surface area (Å²) in [5, 5.41) is 8.67. The molecular formula is C14H16N4O4S. The Morgan fingerprint density at radius 1 is 1.30 bits per heavy atom. The molecule has 1 aliphatic heterocycles. The number of hydrogen-bond donors (Lipinski definition) is 2. The van der Waals surface area contributed by atoms with Crippen LogP contribution in [0.3, 0.4) is 0 Å². The zero-order valence-corrected chi connectivity index (χ0v) is 13.1. The van der Waals surface area contributed by atoms with Crippen molar-refractivity contribution in [1.82, 2.24) is 9.62 Å². The molecule has 1 saturated heterocycles. The lowest BCUT2D eigenvalue weighted by atomic mass is 10.2. The topological polar surface area (TPSA) is 119 Å². The van der Waals surface area contributed by atoms with Crippen molar-refractivity contribution in [3.05, 3.63) is 29.8 Å². The molecule has 1 heterocycles. The van der Waals surface area contributed by atoms with E-state index in [9.17, 15) is 18.0 Å². The summed E-state index contributed by atoms with van der Waals surface area (Å²) in [6.45, 7) is 0.805. The molecule has 122 valence electrons. The predicted molar refractivity (Wildman–Crippen MR) is 82.3 cm³/mol. The molecule has 1 aromatic rings. The number of amides is 2. The van der Waals surface area contributed by atoms with E-state index in [1.807, 2.05) is 10.8 Å². The maximum Gasteiger partial charge on any atom is 0.323 e. The van der Waals surface area contributed by atoms with Crippen LogP contribution < -0.4 is 9.44 Å². The van der Waals surface area contributed by atoms with Gasteiger partial charge in [0.05, 0.1) is 17.3 Å². The number of benzene rings is 1. The second kappa shape index (κ2) is 7.11. The third-order valence-corrected chi connectivity index (χ3v) is 4.30. The Balaban J connectivity index is 1.85. The van der Waals surface area contributed by atoms with Crippen LogP contribution in [0.25, 0.3) is 0 Å². The number of nitrogens with one attached hydrogen (secondary N) is 2. The summed E-state index contributed by atoms with van der Waals surface area (Å²) in [4.78, 5) is 24.6. The average molecular weight is 336 g/mol. The molecule has 23 heavy (non-hydrogen) atoms. The molecule has 0 radical (unpaired) electrons. The van der Waals surface area contributed by atoms with Crippen molar-refractivity contribution in [1.29, 1.82) is 5.26 Å². The maximum absolute atomic E-state index is 11.8. The molecule has 0 spiro atoms. The molecule has 2 rings (SSSR count). The molecule has 0 bridgehead atoms. The molecule has 0 atom stereocenters. The fourth-order valence-corrected chi connectivity index (χ4v) is 3.07. The summed E-state index contributed by atoms with van der Waals surface area (Å²) in [5.74, 6) is -0.706. The van der Waals surface area contributed by atoms with Gasteiger partial charge in [0.2, 0.25) is 11.8 Å². The average Bonchev–Trinajstić information content (AvgIpc) is 2.90. The molecule has 2 N–H and O–H groups in total. The van der Waals surface area contributed by atoms with Gasteiger partial charge in [-0.05, 0) is 30.7 Å². The van der Waals surface area contributed by atoms with Crippen LogP contribution in [-0.4, -0.2) is 38.2 Å². The minimum Gasteiger partial charge on any atom is -0.342 e. The zero-order valence-electron chi connectivity index (χ0n) is 12.3. The lowest BCUT2D eigenvalue weighted by Crippen LogP contribution is -2.37. The first-order valence-corrected chi connectivity index (χ1v) is 8.49. The summed E-state index contributed by atoms with van der Waals surface area (Å²) in [5.41, 5.74) is 0.631. The first kappa shape index (κ1) is 16.8. The summed E-state index contributed by atoms with van der Waals surface area (Å²) in [6, 6.07) is 7.67. The van der Waals surface area contributed by atoms with E-state index in [0.717, 1.165) is 6.42 Å². The Morgan fingerprint density at radius 2 is 2.00 bits per heavy atom. The second-order valence-corrected chi connectivity index (χ2v) is 6.47. The van der Waals surface area contributed by atoms with Gasteiger partial charge in [-0.3, -0.25) is 14.3 Å². The molecule has 0 aliphatic carbocycles. The van der Waals surface area contributed by atoms with Crippen LogP contribution in [-0.2, 0) is 19.8 Å². The van der Waals surface area contributed by atoms with Gasteiger partial charge in [0, 0.05) is 25.9 Å². The van der Waals surface area contributed by atoms with E-state index >= 15 is 0 Å². The van der Waals surface area contributed by atoms with Gasteiger partial charge in [-0.15, -0.1) is 0 Å². The van der Waals surface area contributed by atoms with Crippen LogP contribution in [0.1, 0.15) is 24.8 Å². The van der Waals surface area contributed by atoms with Crippen LogP contribution in [0, 0.1) is 11.3 Å². The lowest BCUT2D eigenvalue weighted by Gasteiger charge is -2.15. The minimum atomic E-state index is -4.05. The summed E-state index contributed by atoms with van der Waals surface area (Å²) >= 11 is 0. The van der Waals surface area contributed by atoms with Crippen LogP contribution in [0.2, 0.25) is 0 Å².